The van der Waals surface area contributed by atoms with Gasteiger partial charge in [0.05, 0.1) is 38.4 Å². The number of amides is 1. The third-order valence-corrected chi connectivity index (χ3v) is 3.02. The highest BCUT2D eigenvalue weighted by Crippen LogP contribution is 2.28. The van der Waals surface area contributed by atoms with Crippen LogP contribution in [0.3, 0.4) is 0 Å². The summed E-state index contributed by atoms with van der Waals surface area (Å²) in [7, 11) is 3.17. The monoisotopic (exact) mass is 305 g/mol. The summed E-state index contributed by atoms with van der Waals surface area (Å²) in [4.78, 5) is 19.7. The van der Waals surface area contributed by atoms with E-state index >= 15 is 0 Å². The number of hydrogen-bond donors (Lipinski definition) is 1. The molecule has 1 amide bonds. The van der Waals surface area contributed by atoms with E-state index in [4.69, 9.17) is 15.2 Å². The molecule has 0 aliphatic rings. The summed E-state index contributed by atoms with van der Waals surface area (Å²) in [5, 5.41) is 4.32. The maximum atomic E-state index is 11.1. The van der Waals surface area contributed by atoms with Gasteiger partial charge in [-0.3, -0.25) is 9.78 Å². The van der Waals surface area contributed by atoms with Crippen LogP contribution in [-0.4, -0.2) is 46.5 Å². The molecule has 0 saturated heterocycles. The zero-order chi connectivity index (χ0) is 16.1. The van der Waals surface area contributed by atoms with Gasteiger partial charge in [-0.2, -0.15) is 5.10 Å². The molecular formula is C14H19N5O3. The molecule has 0 aromatic carbocycles. The molecule has 8 heteroatoms. The molecule has 0 aliphatic carbocycles. The Morgan fingerprint density at radius 2 is 2.18 bits per heavy atom. The molecule has 8 nitrogen and oxygen atoms in total. The molecule has 0 fully saturated rings. The summed E-state index contributed by atoms with van der Waals surface area (Å²) in [6, 6.07) is 1.86. The van der Waals surface area contributed by atoms with E-state index in [0.29, 0.717) is 30.5 Å². The lowest BCUT2D eigenvalue weighted by atomic mass is 10.2. The Labute approximate surface area is 128 Å². The summed E-state index contributed by atoms with van der Waals surface area (Å²) >= 11 is 0. The van der Waals surface area contributed by atoms with E-state index in [1.807, 2.05) is 13.0 Å². The molecule has 0 saturated carbocycles. The number of ether oxygens (including phenoxy) is 2. The molecule has 0 aliphatic heterocycles. The van der Waals surface area contributed by atoms with E-state index in [-0.39, 0.29) is 6.42 Å². The molecule has 0 bridgehead atoms. The lowest BCUT2D eigenvalue weighted by molar-refractivity contribution is -0.117. The van der Waals surface area contributed by atoms with Crippen molar-refractivity contribution in [3.05, 3.63) is 23.8 Å². The van der Waals surface area contributed by atoms with Gasteiger partial charge in [0.2, 0.25) is 5.91 Å². The van der Waals surface area contributed by atoms with Crippen molar-refractivity contribution in [3.8, 4) is 17.1 Å². The number of pyridine rings is 1. The summed E-state index contributed by atoms with van der Waals surface area (Å²) in [6.45, 7) is 2.85. The van der Waals surface area contributed by atoms with Crippen LogP contribution in [0.1, 0.15) is 11.5 Å². The largest absolute Gasteiger partial charge is 0.494 e. The first-order valence-corrected chi connectivity index (χ1v) is 6.77. The van der Waals surface area contributed by atoms with E-state index in [0.717, 1.165) is 11.3 Å². The second-order valence-electron chi connectivity index (χ2n) is 4.74. The van der Waals surface area contributed by atoms with Crippen molar-refractivity contribution in [1.29, 1.82) is 0 Å². The van der Waals surface area contributed by atoms with Crippen LogP contribution in [0.25, 0.3) is 11.4 Å². The van der Waals surface area contributed by atoms with Gasteiger partial charge in [-0.05, 0) is 13.0 Å². The van der Waals surface area contributed by atoms with Gasteiger partial charge in [0.25, 0.3) is 0 Å². The molecule has 0 unspecified atom stereocenters. The number of hydrogen-bond acceptors (Lipinski definition) is 6. The van der Waals surface area contributed by atoms with Crippen molar-refractivity contribution in [3.63, 3.8) is 0 Å². The Hall–Kier alpha value is -2.48. The molecule has 2 N–H and O–H groups in total. The van der Waals surface area contributed by atoms with Crippen molar-refractivity contribution in [2.24, 2.45) is 5.73 Å². The number of aromatic nitrogens is 4. The number of aryl methyl sites for hydroxylation is 1. The van der Waals surface area contributed by atoms with Crippen LogP contribution < -0.4 is 10.5 Å². The van der Waals surface area contributed by atoms with Crippen molar-refractivity contribution in [1.82, 2.24) is 19.7 Å². The van der Waals surface area contributed by atoms with Crippen LogP contribution >= 0.6 is 0 Å². The molecule has 2 aromatic heterocycles. The summed E-state index contributed by atoms with van der Waals surface area (Å²) in [5.74, 6) is 1.07. The third kappa shape index (κ3) is 3.59. The van der Waals surface area contributed by atoms with Gasteiger partial charge in [-0.1, -0.05) is 0 Å². The second-order valence-corrected chi connectivity index (χ2v) is 4.74. The minimum atomic E-state index is -0.478. The maximum Gasteiger partial charge on any atom is 0.225 e. The molecule has 118 valence electrons. The summed E-state index contributed by atoms with van der Waals surface area (Å²) in [5.41, 5.74) is 6.80. The van der Waals surface area contributed by atoms with Crippen LogP contribution in [0.5, 0.6) is 5.75 Å². The molecule has 22 heavy (non-hydrogen) atoms. The number of nitrogens with two attached hydrogens (primary N) is 1. The van der Waals surface area contributed by atoms with E-state index in [1.54, 1.807) is 25.1 Å². The summed E-state index contributed by atoms with van der Waals surface area (Å²) in [6.07, 6.45) is 1.62. The smallest absolute Gasteiger partial charge is 0.225 e. The zero-order valence-electron chi connectivity index (χ0n) is 12.9. The van der Waals surface area contributed by atoms with Crippen LogP contribution in [-0.2, 0) is 22.5 Å². The van der Waals surface area contributed by atoms with Crippen LogP contribution in [0.2, 0.25) is 0 Å². The quantitative estimate of drug-likeness (QED) is 0.790. The van der Waals surface area contributed by atoms with Gasteiger partial charge in [-0.15, -0.1) is 0 Å². The second kappa shape index (κ2) is 6.99. The van der Waals surface area contributed by atoms with Gasteiger partial charge >= 0.3 is 0 Å². The van der Waals surface area contributed by atoms with Crippen molar-refractivity contribution < 1.29 is 14.3 Å². The van der Waals surface area contributed by atoms with Gasteiger partial charge in [0, 0.05) is 12.8 Å². The highest BCUT2D eigenvalue weighted by Gasteiger charge is 2.17. The van der Waals surface area contributed by atoms with Crippen molar-refractivity contribution in [2.75, 3.05) is 20.8 Å². The van der Waals surface area contributed by atoms with Crippen molar-refractivity contribution >= 4 is 5.91 Å². The van der Waals surface area contributed by atoms with Crippen molar-refractivity contribution in [2.45, 2.75) is 19.9 Å². The standard InChI is InChI=1S/C14H19N5O3/c1-9-6-10(11(22-3)8-16-9)14-17-13(7-12(15)20)18-19(14)4-5-21-2/h6,8H,4-5,7H2,1-3H3,(H2,15,20). The zero-order valence-corrected chi connectivity index (χ0v) is 12.9. The normalized spacial score (nSPS) is 10.7. The average molecular weight is 305 g/mol. The summed E-state index contributed by atoms with van der Waals surface area (Å²) < 4.78 is 12.1. The number of carbonyl (C=O) groups excluding carboxylic acids is 1. The van der Waals surface area contributed by atoms with Crippen LogP contribution in [0.4, 0.5) is 0 Å². The molecule has 2 rings (SSSR count). The number of carbonyl (C=O) groups is 1. The molecule has 2 heterocycles. The predicted octanol–water partition coefficient (Wildman–Crippen LogP) is 0.331. The number of primary amides is 1. The SMILES string of the molecule is COCCn1nc(CC(N)=O)nc1-c1cc(C)ncc1OC. The fourth-order valence-corrected chi connectivity index (χ4v) is 2.04. The van der Waals surface area contributed by atoms with Gasteiger partial charge in [0.1, 0.15) is 5.75 Å². The first kappa shape index (κ1) is 15.9. The Balaban J connectivity index is 2.49. The van der Waals surface area contributed by atoms with E-state index in [1.165, 1.54) is 0 Å². The number of methoxy groups -OCH3 is 2. The first-order valence-electron chi connectivity index (χ1n) is 6.77. The topological polar surface area (TPSA) is 105 Å². The minimum Gasteiger partial charge on any atom is -0.494 e. The molecule has 0 spiro atoms. The fraction of sp³-hybridized carbons (Fsp3) is 0.429. The number of nitrogens with zero attached hydrogens (tertiary/aromatic N) is 4. The Bertz CT molecular complexity index is 668. The first-order chi connectivity index (χ1) is 10.5. The number of rotatable bonds is 7. The molecule has 0 radical (unpaired) electrons. The molecule has 0 atom stereocenters. The van der Waals surface area contributed by atoms with Gasteiger partial charge in [-0.25, -0.2) is 9.67 Å². The van der Waals surface area contributed by atoms with Gasteiger partial charge in [0.15, 0.2) is 11.6 Å². The van der Waals surface area contributed by atoms with E-state index < -0.39 is 5.91 Å². The highest BCUT2D eigenvalue weighted by atomic mass is 16.5. The van der Waals surface area contributed by atoms with E-state index in [2.05, 4.69) is 15.1 Å². The third-order valence-electron chi connectivity index (χ3n) is 3.02. The molecule has 2 aromatic rings. The average Bonchev–Trinajstić information content (AvgIpc) is 2.86. The van der Waals surface area contributed by atoms with Crippen LogP contribution in [0.15, 0.2) is 12.3 Å². The minimum absolute atomic E-state index is 0.0145. The lowest BCUT2D eigenvalue weighted by Gasteiger charge is -2.09. The van der Waals surface area contributed by atoms with Crippen LogP contribution in [0, 0.1) is 6.92 Å². The predicted molar refractivity (Wildman–Crippen MR) is 79.3 cm³/mol. The highest BCUT2D eigenvalue weighted by molar-refractivity contribution is 5.76. The Morgan fingerprint density at radius 1 is 1.41 bits per heavy atom. The van der Waals surface area contributed by atoms with E-state index in [9.17, 15) is 4.79 Å². The Kier molecular flexibility index (Phi) is 5.05. The Morgan fingerprint density at radius 3 is 2.82 bits per heavy atom. The molecular weight excluding hydrogens is 286 g/mol. The maximum absolute atomic E-state index is 11.1. The van der Waals surface area contributed by atoms with Gasteiger partial charge < -0.3 is 15.2 Å². The lowest BCUT2D eigenvalue weighted by Crippen LogP contribution is -2.15. The fourth-order valence-electron chi connectivity index (χ4n) is 2.04.